The van der Waals surface area contributed by atoms with E-state index in [1.54, 1.807) is 18.2 Å². The van der Waals surface area contributed by atoms with Crippen molar-refractivity contribution < 1.29 is 13.9 Å². The van der Waals surface area contributed by atoms with Crippen LogP contribution in [-0.4, -0.2) is 22.9 Å². The monoisotopic (exact) mass is 342 g/mol. The summed E-state index contributed by atoms with van der Waals surface area (Å²) in [6.45, 7) is 0.983. The Morgan fingerprint density at radius 1 is 1.50 bits per heavy atom. The molecule has 1 aromatic heterocycles. The number of alkyl halides is 1. The number of fused-ring (bicyclic) bond motifs is 1. The molecule has 0 bridgehead atoms. The smallest absolute Gasteiger partial charge is 0.327 e. The van der Waals surface area contributed by atoms with Crippen molar-refractivity contribution in [2.24, 2.45) is 0 Å². The molecule has 0 fully saturated rings. The minimum Gasteiger partial charge on any atom is -0.468 e. The summed E-state index contributed by atoms with van der Waals surface area (Å²) in [6.07, 6.45) is -1.36. The van der Waals surface area contributed by atoms with Crippen LogP contribution in [0.3, 0.4) is 0 Å². The highest BCUT2D eigenvalue weighted by Crippen LogP contribution is 2.25. The number of hydrogen-bond donors (Lipinski definition) is 0. The second-order valence-corrected chi connectivity index (χ2v) is 5.15. The van der Waals surface area contributed by atoms with E-state index in [0.29, 0.717) is 10.8 Å². The van der Waals surface area contributed by atoms with Gasteiger partial charge in [0.2, 0.25) is 0 Å². The van der Waals surface area contributed by atoms with E-state index in [-0.39, 0.29) is 12.2 Å². The second kappa shape index (κ2) is 5.70. The number of hydrogen-bond acceptors (Lipinski definition) is 4. The van der Waals surface area contributed by atoms with Crippen LogP contribution in [0.2, 0.25) is 0 Å². The first-order chi connectivity index (χ1) is 9.43. The zero-order valence-electron chi connectivity index (χ0n) is 10.9. The van der Waals surface area contributed by atoms with E-state index in [2.05, 4.69) is 25.8 Å². The normalized spacial score (nSPS) is 12.4. The lowest BCUT2D eigenvalue weighted by atomic mass is 10.1. The van der Waals surface area contributed by atoms with Gasteiger partial charge in [-0.15, -0.1) is 0 Å². The predicted molar refractivity (Wildman–Crippen MR) is 75.2 cm³/mol. The van der Waals surface area contributed by atoms with Crippen molar-refractivity contribution in [2.45, 2.75) is 19.6 Å². The molecule has 20 heavy (non-hydrogen) atoms. The number of carbonyl (C=O) groups excluding carboxylic acids is 1. The Morgan fingerprint density at radius 3 is 2.80 bits per heavy atom. The van der Waals surface area contributed by atoms with Crippen molar-refractivity contribution in [3.05, 3.63) is 38.7 Å². The van der Waals surface area contributed by atoms with Crippen molar-refractivity contribution in [3.8, 4) is 0 Å². The Labute approximate surface area is 122 Å². The van der Waals surface area contributed by atoms with Gasteiger partial charge in [-0.3, -0.25) is 9.59 Å². The summed E-state index contributed by atoms with van der Waals surface area (Å²) in [5, 5.41) is 4.68. The van der Waals surface area contributed by atoms with E-state index in [4.69, 9.17) is 0 Å². The highest BCUT2D eigenvalue weighted by Gasteiger charge is 2.17. The van der Waals surface area contributed by atoms with Gasteiger partial charge in [-0.2, -0.15) is 5.10 Å². The summed E-state index contributed by atoms with van der Waals surface area (Å²) in [5.74, 6) is -0.617. The van der Waals surface area contributed by atoms with Crippen molar-refractivity contribution in [2.75, 3.05) is 7.11 Å². The van der Waals surface area contributed by atoms with Crippen LogP contribution in [0.5, 0.6) is 0 Å². The van der Waals surface area contributed by atoms with Gasteiger partial charge in [0.15, 0.2) is 0 Å². The van der Waals surface area contributed by atoms with Gasteiger partial charge in [-0.25, -0.2) is 9.07 Å². The van der Waals surface area contributed by atoms with Crippen LogP contribution in [0.1, 0.15) is 18.8 Å². The van der Waals surface area contributed by atoms with Crippen LogP contribution in [0.4, 0.5) is 4.39 Å². The van der Waals surface area contributed by atoms with Crippen LogP contribution < -0.4 is 5.56 Å². The van der Waals surface area contributed by atoms with Crippen LogP contribution in [0.25, 0.3) is 10.8 Å². The lowest BCUT2D eigenvalue weighted by molar-refractivity contribution is -0.141. The quantitative estimate of drug-likeness (QED) is 0.803. The molecular weight excluding hydrogens is 331 g/mol. The average molecular weight is 343 g/mol. The molecule has 1 heterocycles. The molecule has 0 saturated heterocycles. The third kappa shape index (κ3) is 2.72. The maximum absolute atomic E-state index is 13.7. The first kappa shape index (κ1) is 14.6. The Balaban J connectivity index is 2.73. The molecule has 0 amide bonds. The molecule has 2 aromatic rings. The third-order valence-electron chi connectivity index (χ3n) is 2.83. The predicted octanol–water partition coefficient (Wildman–Crippen LogP) is 2.36. The molecule has 0 aliphatic heterocycles. The molecule has 1 unspecified atom stereocenters. The molecule has 2 rings (SSSR count). The Bertz CT molecular complexity index is 727. The number of nitrogens with zero attached hydrogens (tertiary/aromatic N) is 2. The Morgan fingerprint density at radius 2 is 2.20 bits per heavy atom. The highest BCUT2D eigenvalue weighted by molar-refractivity contribution is 9.10. The van der Waals surface area contributed by atoms with Crippen LogP contribution in [-0.2, 0) is 16.1 Å². The second-order valence-electron chi connectivity index (χ2n) is 4.23. The molecule has 0 saturated carbocycles. The van der Waals surface area contributed by atoms with Gasteiger partial charge >= 0.3 is 5.97 Å². The number of rotatable bonds is 3. The van der Waals surface area contributed by atoms with Gasteiger partial charge < -0.3 is 4.74 Å². The number of halogens is 2. The number of benzene rings is 1. The topological polar surface area (TPSA) is 61.2 Å². The number of esters is 1. The molecule has 0 aliphatic carbocycles. The zero-order chi connectivity index (χ0) is 14.9. The summed E-state index contributed by atoms with van der Waals surface area (Å²) < 4.78 is 19.9. The molecule has 1 atom stereocenters. The van der Waals surface area contributed by atoms with Crippen molar-refractivity contribution in [1.82, 2.24) is 9.78 Å². The molecular formula is C13H12BrFN2O3. The van der Waals surface area contributed by atoms with Crippen LogP contribution in [0, 0.1) is 0 Å². The molecule has 5 nitrogen and oxygen atoms in total. The first-order valence-corrected chi connectivity index (χ1v) is 6.64. The lowest BCUT2D eigenvalue weighted by Gasteiger charge is -2.11. The summed E-state index contributed by atoms with van der Waals surface area (Å²) >= 11 is 3.28. The maximum Gasteiger partial charge on any atom is 0.327 e. The van der Waals surface area contributed by atoms with Gasteiger partial charge in [-0.1, -0.05) is 15.9 Å². The molecule has 7 heteroatoms. The van der Waals surface area contributed by atoms with E-state index >= 15 is 0 Å². The molecule has 106 valence electrons. The zero-order valence-corrected chi connectivity index (χ0v) is 12.5. The largest absolute Gasteiger partial charge is 0.468 e. The Kier molecular flexibility index (Phi) is 4.17. The number of carbonyl (C=O) groups is 1. The SMILES string of the molecule is COC(=O)Cn1nc(C(C)F)c2cc(Br)ccc2c1=O. The molecule has 0 N–H and O–H groups in total. The molecule has 0 aliphatic rings. The minimum absolute atomic E-state index is 0.116. The van der Waals surface area contributed by atoms with Gasteiger partial charge in [0.25, 0.3) is 5.56 Å². The minimum atomic E-state index is -1.36. The standard InChI is InChI=1S/C13H12BrFN2O3/c1-7(15)12-10-5-8(14)3-4-9(10)13(19)17(16-12)6-11(18)20-2/h3-5,7H,6H2,1-2H3. The maximum atomic E-state index is 13.7. The van der Waals surface area contributed by atoms with E-state index in [1.807, 2.05) is 0 Å². The lowest BCUT2D eigenvalue weighted by Crippen LogP contribution is -2.28. The summed E-state index contributed by atoms with van der Waals surface area (Å²) in [5.41, 5.74) is -0.341. The van der Waals surface area contributed by atoms with Gasteiger partial charge in [0.1, 0.15) is 18.4 Å². The summed E-state index contributed by atoms with van der Waals surface area (Å²) in [7, 11) is 1.21. The van der Waals surface area contributed by atoms with E-state index < -0.39 is 17.7 Å². The van der Waals surface area contributed by atoms with E-state index in [1.165, 1.54) is 14.0 Å². The van der Waals surface area contributed by atoms with Crippen molar-refractivity contribution in [3.63, 3.8) is 0 Å². The fourth-order valence-electron chi connectivity index (χ4n) is 1.87. The molecule has 1 aromatic carbocycles. The van der Waals surface area contributed by atoms with Crippen LogP contribution in [0.15, 0.2) is 27.5 Å². The number of aromatic nitrogens is 2. The van der Waals surface area contributed by atoms with Gasteiger partial charge in [0, 0.05) is 9.86 Å². The fraction of sp³-hybridized carbons (Fsp3) is 0.308. The van der Waals surface area contributed by atoms with E-state index in [9.17, 15) is 14.0 Å². The van der Waals surface area contributed by atoms with Gasteiger partial charge in [0.05, 0.1) is 12.5 Å². The summed E-state index contributed by atoms with van der Waals surface area (Å²) in [6, 6.07) is 4.89. The van der Waals surface area contributed by atoms with E-state index in [0.717, 1.165) is 9.15 Å². The third-order valence-corrected chi connectivity index (χ3v) is 3.33. The van der Waals surface area contributed by atoms with Crippen molar-refractivity contribution >= 4 is 32.7 Å². The first-order valence-electron chi connectivity index (χ1n) is 5.85. The molecule has 0 radical (unpaired) electrons. The number of methoxy groups -OCH3 is 1. The average Bonchev–Trinajstić information content (AvgIpc) is 2.41. The summed E-state index contributed by atoms with van der Waals surface area (Å²) in [4.78, 5) is 23.5. The number of ether oxygens (including phenoxy) is 1. The fourth-order valence-corrected chi connectivity index (χ4v) is 2.23. The van der Waals surface area contributed by atoms with Crippen molar-refractivity contribution in [1.29, 1.82) is 0 Å². The Hall–Kier alpha value is -1.76. The van der Waals surface area contributed by atoms with Crippen LogP contribution >= 0.6 is 15.9 Å². The van der Waals surface area contributed by atoms with Gasteiger partial charge in [-0.05, 0) is 25.1 Å². The molecule has 0 spiro atoms. The highest BCUT2D eigenvalue weighted by atomic mass is 79.9.